The van der Waals surface area contributed by atoms with Crippen LogP contribution in [-0.4, -0.2) is 4.98 Å². The number of aryl methyl sites for hydroxylation is 1. The molecule has 0 aliphatic heterocycles. The average molecular weight is 216 g/mol. The van der Waals surface area contributed by atoms with Gasteiger partial charge in [-0.05, 0) is 18.9 Å². The van der Waals surface area contributed by atoms with Crippen molar-refractivity contribution < 1.29 is 4.42 Å². The highest BCUT2D eigenvalue weighted by Crippen LogP contribution is 2.39. The summed E-state index contributed by atoms with van der Waals surface area (Å²) in [5.74, 6) is 0.712. The van der Waals surface area contributed by atoms with E-state index in [1.54, 1.807) is 0 Å². The lowest BCUT2D eigenvalue weighted by atomic mass is 9.88. The van der Waals surface area contributed by atoms with E-state index in [2.05, 4.69) is 11.1 Å². The first-order chi connectivity index (χ1) is 7.69. The fourth-order valence-corrected chi connectivity index (χ4v) is 2.74. The summed E-state index contributed by atoms with van der Waals surface area (Å²) in [4.78, 5) is 4.46. The van der Waals surface area contributed by atoms with Gasteiger partial charge in [-0.1, -0.05) is 25.0 Å². The summed E-state index contributed by atoms with van der Waals surface area (Å²) in [5.41, 5.74) is 9.24. The van der Waals surface area contributed by atoms with Crippen molar-refractivity contribution in [2.45, 2.75) is 38.1 Å². The van der Waals surface area contributed by atoms with Gasteiger partial charge < -0.3 is 10.2 Å². The first-order valence-electron chi connectivity index (χ1n) is 5.85. The smallest absolute Gasteiger partial charge is 0.192 e. The number of hydrogen-bond donors (Lipinski definition) is 1. The highest BCUT2D eigenvalue weighted by molar-refractivity contribution is 5.77. The monoisotopic (exact) mass is 216 g/mol. The first kappa shape index (κ1) is 9.85. The quantitative estimate of drug-likeness (QED) is 0.797. The number of para-hydroxylation sites is 1. The predicted octanol–water partition coefficient (Wildman–Crippen LogP) is 2.86. The van der Waals surface area contributed by atoms with Crippen molar-refractivity contribution in [3.05, 3.63) is 29.7 Å². The highest BCUT2D eigenvalue weighted by Gasteiger charge is 2.33. The molecular weight excluding hydrogens is 200 g/mol. The lowest BCUT2D eigenvalue weighted by molar-refractivity contribution is 0.465. The second-order valence-corrected chi connectivity index (χ2v) is 4.75. The zero-order valence-corrected chi connectivity index (χ0v) is 9.49. The molecule has 0 radical (unpaired) electrons. The van der Waals surface area contributed by atoms with Crippen molar-refractivity contribution in [2.75, 3.05) is 0 Å². The van der Waals surface area contributed by atoms with Gasteiger partial charge in [-0.2, -0.15) is 0 Å². The van der Waals surface area contributed by atoms with E-state index in [0.717, 1.165) is 29.5 Å². The maximum atomic E-state index is 6.47. The molecule has 1 saturated carbocycles. The summed E-state index contributed by atoms with van der Waals surface area (Å²) in [7, 11) is 0. The Morgan fingerprint density at radius 1 is 1.31 bits per heavy atom. The zero-order chi connectivity index (χ0) is 11.2. The van der Waals surface area contributed by atoms with E-state index in [-0.39, 0.29) is 5.54 Å². The Bertz CT molecular complexity index is 524. The molecule has 3 heteroatoms. The van der Waals surface area contributed by atoms with Gasteiger partial charge >= 0.3 is 0 Å². The molecule has 1 aromatic heterocycles. The van der Waals surface area contributed by atoms with Crippen LogP contribution >= 0.6 is 0 Å². The largest absolute Gasteiger partial charge is 0.441 e. The van der Waals surface area contributed by atoms with Gasteiger partial charge in [0.25, 0.3) is 0 Å². The average Bonchev–Trinajstić information content (AvgIpc) is 2.83. The van der Waals surface area contributed by atoms with E-state index in [4.69, 9.17) is 10.2 Å². The standard InChI is InChI=1S/C13H16N2O/c1-9-15-12-10(5-4-6-11(12)16-9)13(14)7-2-3-8-13/h4-6H,2-3,7-8,14H2,1H3. The molecule has 1 aromatic carbocycles. The fraction of sp³-hybridized carbons (Fsp3) is 0.462. The number of nitrogens with zero attached hydrogens (tertiary/aromatic N) is 1. The lowest BCUT2D eigenvalue weighted by Gasteiger charge is -2.24. The van der Waals surface area contributed by atoms with E-state index in [0.29, 0.717) is 5.89 Å². The minimum atomic E-state index is -0.192. The van der Waals surface area contributed by atoms with Crippen LogP contribution in [0.4, 0.5) is 0 Å². The molecule has 0 amide bonds. The summed E-state index contributed by atoms with van der Waals surface area (Å²) >= 11 is 0. The lowest BCUT2D eigenvalue weighted by Crippen LogP contribution is -2.33. The summed E-state index contributed by atoms with van der Waals surface area (Å²) in [6, 6.07) is 6.06. The van der Waals surface area contributed by atoms with Crippen LogP contribution < -0.4 is 5.73 Å². The molecule has 0 saturated heterocycles. The third-order valence-corrected chi connectivity index (χ3v) is 3.56. The Hall–Kier alpha value is -1.35. The van der Waals surface area contributed by atoms with Crippen LogP contribution in [0.25, 0.3) is 11.1 Å². The molecule has 16 heavy (non-hydrogen) atoms. The van der Waals surface area contributed by atoms with E-state index < -0.39 is 0 Å². The number of oxazole rings is 1. The van der Waals surface area contributed by atoms with E-state index in [1.807, 2.05) is 19.1 Å². The molecule has 0 bridgehead atoms. The van der Waals surface area contributed by atoms with Gasteiger partial charge in [0.2, 0.25) is 0 Å². The van der Waals surface area contributed by atoms with Crippen molar-refractivity contribution in [3.8, 4) is 0 Å². The number of benzene rings is 1. The van der Waals surface area contributed by atoms with Crippen molar-refractivity contribution in [1.29, 1.82) is 0 Å². The van der Waals surface area contributed by atoms with Crippen molar-refractivity contribution in [3.63, 3.8) is 0 Å². The zero-order valence-electron chi connectivity index (χ0n) is 9.49. The van der Waals surface area contributed by atoms with Gasteiger partial charge in [-0.15, -0.1) is 0 Å². The molecule has 2 aromatic rings. The molecule has 84 valence electrons. The second kappa shape index (κ2) is 3.32. The van der Waals surface area contributed by atoms with Crippen LogP contribution in [0.1, 0.15) is 37.1 Å². The number of aromatic nitrogens is 1. The SMILES string of the molecule is Cc1nc2c(C3(N)CCCC3)cccc2o1. The van der Waals surface area contributed by atoms with Crippen LogP contribution in [0.3, 0.4) is 0 Å². The number of rotatable bonds is 1. The number of fused-ring (bicyclic) bond motifs is 1. The van der Waals surface area contributed by atoms with Crippen molar-refractivity contribution >= 4 is 11.1 Å². The van der Waals surface area contributed by atoms with E-state index >= 15 is 0 Å². The van der Waals surface area contributed by atoms with Crippen LogP contribution in [0.2, 0.25) is 0 Å². The Morgan fingerprint density at radius 3 is 2.81 bits per heavy atom. The molecule has 0 atom stereocenters. The molecule has 1 aliphatic rings. The van der Waals surface area contributed by atoms with E-state index in [9.17, 15) is 0 Å². The minimum Gasteiger partial charge on any atom is -0.441 e. The fourth-order valence-electron chi connectivity index (χ4n) is 2.74. The van der Waals surface area contributed by atoms with Crippen LogP contribution in [0.15, 0.2) is 22.6 Å². The molecule has 1 fully saturated rings. The Balaban J connectivity index is 2.22. The second-order valence-electron chi connectivity index (χ2n) is 4.75. The van der Waals surface area contributed by atoms with E-state index in [1.165, 1.54) is 12.8 Å². The van der Waals surface area contributed by atoms with Gasteiger partial charge in [0.1, 0.15) is 5.52 Å². The Kier molecular flexibility index (Phi) is 2.04. The van der Waals surface area contributed by atoms with Crippen LogP contribution in [-0.2, 0) is 5.54 Å². The molecular formula is C13H16N2O. The van der Waals surface area contributed by atoms with Crippen molar-refractivity contribution in [2.24, 2.45) is 5.73 Å². The summed E-state index contributed by atoms with van der Waals surface area (Å²) in [5, 5.41) is 0. The molecule has 0 spiro atoms. The summed E-state index contributed by atoms with van der Waals surface area (Å²) in [6.07, 6.45) is 4.53. The molecule has 1 aliphatic carbocycles. The number of nitrogens with two attached hydrogens (primary N) is 1. The topological polar surface area (TPSA) is 52.0 Å². The maximum Gasteiger partial charge on any atom is 0.192 e. The van der Waals surface area contributed by atoms with Gasteiger partial charge in [0.05, 0.1) is 0 Å². The molecule has 3 nitrogen and oxygen atoms in total. The first-order valence-corrected chi connectivity index (χ1v) is 5.85. The molecule has 0 unspecified atom stereocenters. The summed E-state index contributed by atoms with van der Waals surface area (Å²) < 4.78 is 5.55. The van der Waals surface area contributed by atoms with Gasteiger partial charge in [0.15, 0.2) is 11.5 Å². The molecule has 3 rings (SSSR count). The molecule has 1 heterocycles. The third kappa shape index (κ3) is 1.35. The van der Waals surface area contributed by atoms with Gasteiger partial charge in [0, 0.05) is 18.0 Å². The van der Waals surface area contributed by atoms with Crippen LogP contribution in [0.5, 0.6) is 0 Å². The highest BCUT2D eigenvalue weighted by atomic mass is 16.3. The summed E-state index contributed by atoms with van der Waals surface area (Å²) in [6.45, 7) is 1.88. The van der Waals surface area contributed by atoms with Gasteiger partial charge in [-0.3, -0.25) is 0 Å². The normalized spacial score (nSPS) is 19.4. The Labute approximate surface area is 94.7 Å². The number of hydrogen-bond acceptors (Lipinski definition) is 3. The minimum absolute atomic E-state index is 0.192. The van der Waals surface area contributed by atoms with Gasteiger partial charge in [-0.25, -0.2) is 4.98 Å². The Morgan fingerprint density at radius 2 is 2.06 bits per heavy atom. The predicted molar refractivity (Wildman–Crippen MR) is 63.1 cm³/mol. The van der Waals surface area contributed by atoms with Crippen molar-refractivity contribution in [1.82, 2.24) is 4.98 Å². The maximum absolute atomic E-state index is 6.47. The molecule has 2 N–H and O–H groups in total. The third-order valence-electron chi connectivity index (χ3n) is 3.56. The van der Waals surface area contributed by atoms with Crippen LogP contribution in [0, 0.1) is 6.92 Å².